The molecule has 0 aliphatic carbocycles. The lowest BCUT2D eigenvalue weighted by atomic mass is 10.1. The Labute approximate surface area is 124 Å². The molecule has 3 nitrogen and oxygen atoms in total. The van der Waals surface area contributed by atoms with E-state index in [9.17, 15) is 0 Å². The Hall–Kier alpha value is -1.71. The van der Waals surface area contributed by atoms with Gasteiger partial charge in [0.1, 0.15) is 17.2 Å². The van der Waals surface area contributed by atoms with Crippen molar-refractivity contribution in [2.24, 2.45) is 5.73 Å². The molecule has 0 aliphatic heterocycles. The van der Waals surface area contributed by atoms with Gasteiger partial charge in [0, 0.05) is 17.1 Å². The largest absolute Gasteiger partial charge is 0.494 e. The lowest BCUT2D eigenvalue weighted by Gasteiger charge is -2.11. The number of halogens is 1. The van der Waals surface area contributed by atoms with E-state index in [-0.39, 0.29) is 6.04 Å². The van der Waals surface area contributed by atoms with Gasteiger partial charge in [0.25, 0.3) is 0 Å². The van der Waals surface area contributed by atoms with E-state index in [1.165, 1.54) is 0 Å². The van der Waals surface area contributed by atoms with Crippen LogP contribution in [0, 0.1) is 0 Å². The fraction of sp³-hybridized carbons (Fsp3) is 0.250. The maximum absolute atomic E-state index is 6.19. The van der Waals surface area contributed by atoms with Crippen LogP contribution < -0.4 is 15.2 Å². The summed E-state index contributed by atoms with van der Waals surface area (Å²) in [7, 11) is 0. The minimum atomic E-state index is -0.0992. The minimum absolute atomic E-state index is 0.0992. The molecule has 0 fully saturated rings. The molecular formula is C16H18ClNO2. The van der Waals surface area contributed by atoms with E-state index in [0.29, 0.717) is 23.1 Å². The lowest BCUT2D eigenvalue weighted by Crippen LogP contribution is -2.05. The molecule has 0 saturated heterocycles. The van der Waals surface area contributed by atoms with Crippen LogP contribution >= 0.6 is 11.6 Å². The molecule has 2 aromatic carbocycles. The van der Waals surface area contributed by atoms with Gasteiger partial charge in [0.05, 0.1) is 6.61 Å². The molecule has 2 aromatic rings. The number of nitrogens with two attached hydrogens (primary N) is 1. The molecule has 0 spiro atoms. The Bertz CT molecular complexity index is 584. The molecule has 0 aliphatic rings. The summed E-state index contributed by atoms with van der Waals surface area (Å²) in [5, 5.41) is 0.610. The molecule has 1 unspecified atom stereocenters. The quantitative estimate of drug-likeness (QED) is 0.879. The number of ether oxygens (including phenoxy) is 2. The molecule has 0 aromatic heterocycles. The third kappa shape index (κ3) is 3.65. The Morgan fingerprint density at radius 2 is 1.80 bits per heavy atom. The predicted octanol–water partition coefficient (Wildman–Crippen LogP) is 4.55. The number of hydrogen-bond acceptors (Lipinski definition) is 3. The van der Waals surface area contributed by atoms with Gasteiger partial charge in [-0.05, 0) is 43.7 Å². The summed E-state index contributed by atoms with van der Waals surface area (Å²) in [5.74, 6) is 2.16. The molecule has 4 heteroatoms. The third-order valence-electron chi connectivity index (χ3n) is 2.81. The van der Waals surface area contributed by atoms with Gasteiger partial charge in [-0.25, -0.2) is 0 Å². The van der Waals surface area contributed by atoms with Gasteiger partial charge in [-0.3, -0.25) is 0 Å². The molecule has 1 atom stereocenters. The van der Waals surface area contributed by atoms with E-state index in [2.05, 4.69) is 0 Å². The highest BCUT2D eigenvalue weighted by molar-refractivity contribution is 6.31. The maximum Gasteiger partial charge on any atom is 0.131 e. The zero-order valence-electron chi connectivity index (χ0n) is 11.6. The number of benzene rings is 2. The van der Waals surface area contributed by atoms with Gasteiger partial charge in [0.15, 0.2) is 0 Å². The van der Waals surface area contributed by atoms with E-state index < -0.39 is 0 Å². The van der Waals surface area contributed by atoms with Crippen LogP contribution in [0.25, 0.3) is 0 Å². The van der Waals surface area contributed by atoms with Crippen LogP contribution in [0.5, 0.6) is 17.2 Å². The average Bonchev–Trinajstić information content (AvgIpc) is 2.39. The van der Waals surface area contributed by atoms with Crippen molar-refractivity contribution in [3.05, 3.63) is 53.1 Å². The van der Waals surface area contributed by atoms with E-state index in [0.717, 1.165) is 11.3 Å². The molecule has 106 valence electrons. The van der Waals surface area contributed by atoms with Crippen LogP contribution in [0.1, 0.15) is 25.5 Å². The van der Waals surface area contributed by atoms with Crippen molar-refractivity contribution in [3.63, 3.8) is 0 Å². The van der Waals surface area contributed by atoms with E-state index >= 15 is 0 Å². The number of hydrogen-bond donors (Lipinski definition) is 1. The molecule has 0 saturated carbocycles. The van der Waals surface area contributed by atoms with Crippen molar-refractivity contribution in [1.82, 2.24) is 0 Å². The third-order valence-corrected chi connectivity index (χ3v) is 3.14. The summed E-state index contributed by atoms with van der Waals surface area (Å²) < 4.78 is 11.2. The average molecular weight is 292 g/mol. The Morgan fingerprint density at radius 3 is 2.45 bits per heavy atom. The van der Waals surface area contributed by atoms with Crippen LogP contribution in [-0.4, -0.2) is 6.61 Å². The topological polar surface area (TPSA) is 44.5 Å². The molecule has 2 rings (SSSR count). The van der Waals surface area contributed by atoms with E-state index in [1.807, 2.05) is 50.2 Å². The van der Waals surface area contributed by atoms with Crippen LogP contribution in [0.4, 0.5) is 0 Å². The molecule has 2 N–H and O–H groups in total. The smallest absolute Gasteiger partial charge is 0.131 e. The molecule has 0 heterocycles. The van der Waals surface area contributed by atoms with Gasteiger partial charge in [-0.15, -0.1) is 0 Å². The number of rotatable bonds is 5. The second kappa shape index (κ2) is 6.64. The van der Waals surface area contributed by atoms with Gasteiger partial charge >= 0.3 is 0 Å². The predicted molar refractivity (Wildman–Crippen MR) is 81.7 cm³/mol. The summed E-state index contributed by atoms with van der Waals surface area (Å²) in [5.41, 5.74) is 6.73. The van der Waals surface area contributed by atoms with Crippen LogP contribution in [0.15, 0.2) is 42.5 Å². The van der Waals surface area contributed by atoms with Crippen molar-refractivity contribution in [1.29, 1.82) is 0 Å². The highest BCUT2D eigenvalue weighted by Crippen LogP contribution is 2.30. The Morgan fingerprint density at radius 1 is 1.10 bits per heavy atom. The monoisotopic (exact) mass is 291 g/mol. The van der Waals surface area contributed by atoms with Crippen LogP contribution in [0.2, 0.25) is 5.02 Å². The second-order valence-corrected chi connectivity index (χ2v) is 4.89. The fourth-order valence-corrected chi connectivity index (χ4v) is 2.21. The summed E-state index contributed by atoms with van der Waals surface area (Å²) in [6.45, 7) is 4.46. The van der Waals surface area contributed by atoms with Crippen molar-refractivity contribution in [2.75, 3.05) is 6.61 Å². The molecular weight excluding hydrogens is 274 g/mol. The Balaban J connectivity index is 2.17. The highest BCUT2D eigenvalue weighted by Gasteiger charge is 2.07. The molecule has 0 amide bonds. The van der Waals surface area contributed by atoms with Gasteiger partial charge in [0.2, 0.25) is 0 Å². The zero-order chi connectivity index (χ0) is 14.5. The van der Waals surface area contributed by atoms with Crippen LogP contribution in [0.3, 0.4) is 0 Å². The van der Waals surface area contributed by atoms with Gasteiger partial charge in [-0.2, -0.15) is 0 Å². The first-order valence-electron chi connectivity index (χ1n) is 6.56. The lowest BCUT2D eigenvalue weighted by molar-refractivity contribution is 0.338. The van der Waals surface area contributed by atoms with E-state index in [4.69, 9.17) is 26.8 Å². The van der Waals surface area contributed by atoms with Crippen LogP contribution in [-0.2, 0) is 0 Å². The molecule has 20 heavy (non-hydrogen) atoms. The minimum Gasteiger partial charge on any atom is -0.494 e. The maximum atomic E-state index is 6.19. The highest BCUT2D eigenvalue weighted by atomic mass is 35.5. The first kappa shape index (κ1) is 14.7. The fourth-order valence-electron chi connectivity index (χ4n) is 1.87. The summed E-state index contributed by atoms with van der Waals surface area (Å²) in [4.78, 5) is 0. The first-order valence-corrected chi connectivity index (χ1v) is 6.93. The van der Waals surface area contributed by atoms with Gasteiger partial charge in [-0.1, -0.05) is 23.7 Å². The molecule has 0 bridgehead atoms. The zero-order valence-corrected chi connectivity index (χ0v) is 12.4. The standard InChI is InChI=1S/C16H18ClNO2/c1-3-19-12-5-4-6-13(9-12)20-14-7-8-15(11(2)18)16(17)10-14/h4-11H,3,18H2,1-2H3. The second-order valence-electron chi connectivity index (χ2n) is 4.48. The van der Waals surface area contributed by atoms with Crippen molar-refractivity contribution in [3.8, 4) is 17.2 Å². The van der Waals surface area contributed by atoms with Crippen molar-refractivity contribution >= 4 is 11.6 Å². The summed E-state index contributed by atoms with van der Waals surface area (Å²) in [6.07, 6.45) is 0. The van der Waals surface area contributed by atoms with Crippen molar-refractivity contribution < 1.29 is 9.47 Å². The van der Waals surface area contributed by atoms with E-state index in [1.54, 1.807) is 6.07 Å². The molecule has 0 radical (unpaired) electrons. The first-order chi connectivity index (χ1) is 9.60. The van der Waals surface area contributed by atoms with Gasteiger partial charge < -0.3 is 15.2 Å². The Kier molecular flexibility index (Phi) is 4.88. The normalized spacial score (nSPS) is 12.0. The summed E-state index contributed by atoms with van der Waals surface area (Å²) >= 11 is 6.19. The SMILES string of the molecule is CCOc1cccc(Oc2ccc(C(C)N)c(Cl)c2)c1. The van der Waals surface area contributed by atoms with Crippen molar-refractivity contribution in [2.45, 2.75) is 19.9 Å². The summed E-state index contributed by atoms with van der Waals surface area (Å²) in [6, 6.07) is 12.9.